The Morgan fingerprint density at radius 3 is 1.19 bits per heavy atom. The van der Waals surface area contributed by atoms with Crippen LogP contribution >= 0.6 is 0 Å². The molecule has 0 aromatic carbocycles. The highest BCUT2D eigenvalue weighted by atomic mass is 16.7. The molecule has 0 aromatic rings. The van der Waals surface area contributed by atoms with Crippen LogP contribution in [0.5, 0.6) is 0 Å². The summed E-state index contributed by atoms with van der Waals surface area (Å²) in [5.41, 5.74) is 0. The number of esters is 12. The van der Waals surface area contributed by atoms with Crippen LogP contribution in [-0.4, -0.2) is 271 Å². The third-order valence-electron chi connectivity index (χ3n) is 8.82. The number of aliphatic hydroxyl groups is 3. The largest absolute Gasteiger partial charge is 0.466 e. The number of nitrogens with zero attached hydrogens (tertiary/aromatic N) is 2. The van der Waals surface area contributed by atoms with Crippen molar-refractivity contribution in [3.63, 3.8) is 0 Å². The molecule has 0 bridgehead atoms. The zero-order valence-corrected chi connectivity index (χ0v) is 51.0. The molecule has 36 heteroatoms. The molecule has 5 unspecified atom stereocenters. The molecular formula is C52H84N2O34. The molecule has 0 aliphatic carbocycles. The van der Waals surface area contributed by atoms with Gasteiger partial charge in [0.1, 0.15) is 39.1 Å². The minimum Gasteiger partial charge on any atom is -0.466 e. The van der Waals surface area contributed by atoms with Crippen LogP contribution in [0.3, 0.4) is 0 Å². The van der Waals surface area contributed by atoms with Crippen LogP contribution < -0.4 is 0 Å². The van der Waals surface area contributed by atoms with Crippen LogP contribution in [0, 0.1) is 0 Å². The zero-order chi connectivity index (χ0) is 67.9. The van der Waals surface area contributed by atoms with Gasteiger partial charge in [0.15, 0.2) is 50.9 Å². The van der Waals surface area contributed by atoms with Crippen molar-refractivity contribution in [2.45, 2.75) is 110 Å². The predicted molar refractivity (Wildman–Crippen MR) is 289 cm³/mol. The maximum absolute atomic E-state index is 11.8. The summed E-state index contributed by atoms with van der Waals surface area (Å²) >= 11 is 0. The van der Waals surface area contributed by atoms with Gasteiger partial charge in [-0.1, -0.05) is 0 Å². The topological polar surface area (TPSA) is 481 Å². The number of hydrogen-bond acceptors (Lipinski definition) is 36. The van der Waals surface area contributed by atoms with Gasteiger partial charge >= 0.3 is 71.6 Å². The normalized spacial score (nSPS) is 14.3. The molecule has 0 saturated carbocycles. The van der Waals surface area contributed by atoms with E-state index in [9.17, 15) is 67.1 Å². The van der Waals surface area contributed by atoms with Crippen molar-refractivity contribution in [1.82, 2.24) is 0 Å². The number of carbonyl (C=O) groups is 12. The van der Waals surface area contributed by atoms with Crippen LogP contribution in [0.1, 0.15) is 79.6 Å². The van der Waals surface area contributed by atoms with Crippen molar-refractivity contribution in [2.75, 3.05) is 141 Å². The number of carbonyl (C=O) groups excluding carboxylic acids is 14. The molecule has 2 aliphatic rings. The summed E-state index contributed by atoms with van der Waals surface area (Å²) < 4.78 is 78.9. The van der Waals surface area contributed by atoms with Crippen LogP contribution in [0.4, 0.5) is 0 Å². The Morgan fingerprint density at radius 1 is 0.511 bits per heavy atom. The van der Waals surface area contributed by atoms with Crippen molar-refractivity contribution in [2.24, 2.45) is 9.98 Å². The second-order valence-corrected chi connectivity index (χ2v) is 16.2. The number of aliphatic imine (C=N–C) groups is 2. The molecule has 88 heavy (non-hydrogen) atoms. The van der Waals surface area contributed by atoms with E-state index >= 15 is 0 Å². The Kier molecular flexibility index (Phi) is 64.2. The molecule has 0 aromatic heterocycles. The fourth-order valence-electron chi connectivity index (χ4n) is 4.48. The smallest absolute Gasteiger partial charge is 0.347 e. The molecule has 2 rings (SSSR count). The molecule has 5 atom stereocenters. The summed E-state index contributed by atoms with van der Waals surface area (Å²) in [6, 6.07) is 0. The Morgan fingerprint density at radius 2 is 0.875 bits per heavy atom. The predicted octanol–water partition coefficient (Wildman–Crippen LogP) is -2.04. The summed E-state index contributed by atoms with van der Waals surface area (Å²) in [5, 5.41) is 24.8. The first-order valence-corrected chi connectivity index (χ1v) is 26.3. The number of cyclic esters (lactones) is 3. The quantitative estimate of drug-likeness (QED) is 0.0215. The van der Waals surface area contributed by atoms with Crippen molar-refractivity contribution in [3.05, 3.63) is 0 Å². The van der Waals surface area contributed by atoms with Crippen LogP contribution in [0.25, 0.3) is 0 Å². The second kappa shape index (κ2) is 63.6. The van der Waals surface area contributed by atoms with Crippen molar-refractivity contribution >= 4 is 83.8 Å². The second-order valence-electron chi connectivity index (χ2n) is 16.2. The summed E-state index contributed by atoms with van der Waals surface area (Å²) in [6.45, 7) is 6.77. The minimum atomic E-state index is -1.28. The molecule has 2 saturated heterocycles. The van der Waals surface area contributed by atoms with Crippen LogP contribution in [0.2, 0.25) is 0 Å². The third kappa shape index (κ3) is 62.6. The average Bonchev–Trinajstić information content (AvgIpc) is 3.93. The van der Waals surface area contributed by atoms with Crippen molar-refractivity contribution in [3.8, 4) is 0 Å². The van der Waals surface area contributed by atoms with Gasteiger partial charge in [0.25, 0.3) is 0 Å². The van der Waals surface area contributed by atoms with E-state index in [0.717, 1.165) is 19.3 Å². The van der Waals surface area contributed by atoms with E-state index < -0.39 is 123 Å². The van der Waals surface area contributed by atoms with E-state index in [4.69, 9.17) is 48.5 Å². The Balaban J connectivity index is -0.000000351. The van der Waals surface area contributed by atoms with Crippen LogP contribution in [-0.2, 0) is 148 Å². The highest BCUT2D eigenvalue weighted by molar-refractivity contribution is 5.87. The van der Waals surface area contributed by atoms with Gasteiger partial charge in [-0.25, -0.2) is 52.7 Å². The molecule has 2 fully saturated rings. The third-order valence-corrected chi connectivity index (χ3v) is 8.82. The van der Waals surface area contributed by atoms with Gasteiger partial charge < -0.3 is 95.8 Å². The molecule has 0 radical (unpaired) electrons. The molecule has 3 N–H and O–H groups in total. The summed E-state index contributed by atoms with van der Waals surface area (Å²) in [5.74, 6) is -8.17. The Bertz CT molecular complexity index is 1970. The monoisotopic (exact) mass is 1280 g/mol. The highest BCUT2D eigenvalue weighted by Gasteiger charge is 2.32. The first-order valence-electron chi connectivity index (χ1n) is 26.3. The SMILES string of the molecule is CC1OC(=O)C(C)OC1=O.COCCO.COCCOC(=O)CO.COCCOC(=O)COC(=O)C(C)O.COCCOC(=O)COC(=O)C(C)OC(=O)CCCC(=O)OC(C)C(=O)OCC(=O)OCCOC.O=C1CCCCCO1.O=C=NCN=C=O. The van der Waals surface area contributed by atoms with Crippen molar-refractivity contribution in [1.29, 1.82) is 0 Å². The minimum absolute atomic E-state index is 0.00374. The maximum Gasteiger partial charge on any atom is 0.347 e. The van der Waals surface area contributed by atoms with Crippen LogP contribution in [0.15, 0.2) is 9.98 Å². The highest BCUT2D eigenvalue weighted by Crippen LogP contribution is 2.09. The lowest BCUT2D eigenvalue weighted by Crippen LogP contribution is -2.40. The molecule has 0 spiro atoms. The van der Waals surface area contributed by atoms with Gasteiger partial charge in [-0.05, 0) is 60.3 Å². The lowest BCUT2D eigenvalue weighted by molar-refractivity contribution is -0.191. The number of methoxy groups -OCH3 is 5. The van der Waals surface area contributed by atoms with E-state index in [-0.39, 0.29) is 84.8 Å². The first kappa shape index (κ1) is 88.8. The molecule has 506 valence electrons. The molecular weight excluding hydrogens is 1200 g/mol. The number of aliphatic hydroxyl groups excluding tert-OH is 3. The van der Waals surface area contributed by atoms with Gasteiger partial charge in [0, 0.05) is 54.8 Å². The fourth-order valence-corrected chi connectivity index (χ4v) is 4.48. The Labute approximate surface area is 507 Å². The fraction of sp³-hybridized carbons (Fsp3) is 0.731. The summed E-state index contributed by atoms with van der Waals surface area (Å²) in [6.07, 6.45) is 0.515. The van der Waals surface area contributed by atoms with E-state index in [1.165, 1.54) is 75.2 Å². The van der Waals surface area contributed by atoms with Gasteiger partial charge in [-0.3, -0.25) is 14.4 Å². The number of isocyanates is 2. The van der Waals surface area contributed by atoms with Gasteiger partial charge in [-0.2, -0.15) is 9.98 Å². The summed E-state index contributed by atoms with van der Waals surface area (Å²) in [7, 11) is 7.39. The van der Waals surface area contributed by atoms with E-state index in [2.05, 4.69) is 57.4 Å². The number of hydrogen-bond donors (Lipinski definition) is 3. The van der Waals surface area contributed by atoms with Gasteiger partial charge in [0.05, 0.1) is 46.2 Å². The van der Waals surface area contributed by atoms with E-state index in [1.54, 1.807) is 7.11 Å². The molecule has 36 nitrogen and oxygen atoms in total. The standard InChI is InChI=1S/C21H32O14.C8H14O6.C6H8O4.C6H10O2.C5H10O4.C3H2N2O2.C3H8O2/c1-14(20(26)32-12-18(24)30-10-8-28-3)34-16(22)6-5-7-17(23)35-15(2)21(27)33-13-19(25)31-11-9-29-4;1-6(9)8(11)14-5-7(10)13-4-3-12-2;1-3-5(7)10-4(2)6(8)9-3;7-6-4-2-1-3-5-8-6;1-8-2-3-9-5(7)4-6;6-2-4-1-5-3-7;1-5-3-2-4/h14-15H,5-13H2,1-4H3;6,9H,3-5H2,1-2H3;3-4H,1-2H3;1-5H2;6H,2-4H2,1H3;1H2;4H,2-3H2,1H3. The first-order chi connectivity index (χ1) is 41.8. The molecule has 0 amide bonds. The number of ether oxygens (including phenoxy) is 17. The maximum atomic E-state index is 11.8. The summed E-state index contributed by atoms with van der Waals surface area (Å²) in [4.78, 5) is 157. The lowest BCUT2D eigenvalue weighted by atomic mass is 10.2. The van der Waals surface area contributed by atoms with Crippen molar-refractivity contribution < 1.29 is 163 Å². The van der Waals surface area contributed by atoms with Gasteiger partial charge in [0.2, 0.25) is 12.2 Å². The zero-order valence-electron chi connectivity index (χ0n) is 51.0. The molecule has 2 heterocycles. The van der Waals surface area contributed by atoms with Gasteiger partial charge in [-0.15, -0.1) is 0 Å². The molecule has 2 aliphatic heterocycles. The number of rotatable bonds is 32. The lowest BCUT2D eigenvalue weighted by Gasteiger charge is -2.22. The van der Waals surface area contributed by atoms with E-state index in [0.29, 0.717) is 26.2 Å². The average molecular weight is 1280 g/mol. The van der Waals surface area contributed by atoms with E-state index in [1.807, 2.05) is 0 Å². The Hall–Kier alpha value is -7.92.